The van der Waals surface area contributed by atoms with Gasteiger partial charge in [0, 0.05) is 45.2 Å². The number of nitrogens with zero attached hydrogens (tertiary/aromatic N) is 3. The highest BCUT2D eigenvalue weighted by Crippen LogP contribution is 2.33. The van der Waals surface area contributed by atoms with Crippen LogP contribution in [0.4, 0.5) is 0 Å². The van der Waals surface area contributed by atoms with Crippen molar-refractivity contribution in [2.75, 3.05) is 45.9 Å². The average Bonchev–Trinajstić information content (AvgIpc) is 2.61. The molecule has 3 fully saturated rings. The van der Waals surface area contributed by atoms with Crippen molar-refractivity contribution in [3.8, 4) is 0 Å². The van der Waals surface area contributed by atoms with Gasteiger partial charge in [0.25, 0.3) is 10.2 Å². The normalized spacial score (nSPS) is 30.4. The van der Waals surface area contributed by atoms with E-state index in [4.69, 9.17) is 4.74 Å². The van der Waals surface area contributed by atoms with Gasteiger partial charge in [-0.25, -0.2) is 0 Å². The van der Waals surface area contributed by atoms with Crippen LogP contribution in [-0.4, -0.2) is 79.8 Å². The van der Waals surface area contributed by atoms with Gasteiger partial charge >= 0.3 is 0 Å². The van der Waals surface area contributed by atoms with Crippen LogP contribution in [0.15, 0.2) is 0 Å². The molecule has 138 valence electrons. The zero-order valence-electron chi connectivity index (χ0n) is 14.5. The van der Waals surface area contributed by atoms with Crippen LogP contribution in [0.1, 0.15) is 39.0 Å². The highest BCUT2D eigenvalue weighted by atomic mass is 32.2. The van der Waals surface area contributed by atoms with Gasteiger partial charge in [0.1, 0.15) is 0 Å². The van der Waals surface area contributed by atoms with Crippen LogP contribution in [0.2, 0.25) is 0 Å². The van der Waals surface area contributed by atoms with Crippen LogP contribution in [0.25, 0.3) is 0 Å². The number of carbonyl (C=O) groups is 1. The van der Waals surface area contributed by atoms with Crippen LogP contribution in [0, 0.1) is 5.92 Å². The van der Waals surface area contributed by atoms with Gasteiger partial charge in [-0.1, -0.05) is 13.3 Å². The Morgan fingerprint density at radius 2 is 1.88 bits per heavy atom. The molecule has 0 saturated carbocycles. The summed E-state index contributed by atoms with van der Waals surface area (Å²) in [4.78, 5) is 14.3. The molecule has 24 heavy (non-hydrogen) atoms. The average molecular weight is 359 g/mol. The van der Waals surface area contributed by atoms with Gasteiger partial charge in [0.15, 0.2) is 0 Å². The van der Waals surface area contributed by atoms with E-state index in [0.717, 1.165) is 32.2 Å². The molecule has 3 saturated heterocycles. The lowest BCUT2D eigenvalue weighted by Crippen LogP contribution is -2.59. The van der Waals surface area contributed by atoms with Crippen molar-refractivity contribution < 1.29 is 17.9 Å². The lowest BCUT2D eigenvalue weighted by Gasteiger charge is -2.47. The van der Waals surface area contributed by atoms with E-state index < -0.39 is 10.2 Å². The van der Waals surface area contributed by atoms with Crippen LogP contribution in [0.3, 0.4) is 0 Å². The number of piperidine rings is 2. The molecule has 0 radical (unpaired) electrons. The molecule has 0 aromatic carbocycles. The van der Waals surface area contributed by atoms with E-state index in [1.54, 1.807) is 8.61 Å². The minimum absolute atomic E-state index is 0.217. The summed E-state index contributed by atoms with van der Waals surface area (Å²) in [6.07, 6.45) is 4.20. The van der Waals surface area contributed by atoms with Crippen molar-refractivity contribution in [2.24, 2.45) is 5.92 Å². The van der Waals surface area contributed by atoms with E-state index in [1.165, 1.54) is 0 Å². The highest BCUT2D eigenvalue weighted by Gasteiger charge is 2.43. The number of rotatable bonds is 5. The molecular weight excluding hydrogens is 330 g/mol. The number of ether oxygens (including phenoxy) is 1. The van der Waals surface area contributed by atoms with Crippen molar-refractivity contribution in [2.45, 2.75) is 45.1 Å². The largest absolute Gasteiger partial charge is 0.379 e. The Bertz CT molecular complexity index is 548. The maximum Gasteiger partial charge on any atom is 0.282 e. The quantitative estimate of drug-likeness (QED) is 0.724. The summed E-state index contributed by atoms with van der Waals surface area (Å²) < 4.78 is 34.1. The number of unbranched alkanes of at least 4 members (excludes halogenated alkanes) is 1. The van der Waals surface area contributed by atoms with Gasteiger partial charge in [-0.2, -0.15) is 17.0 Å². The number of carbonyl (C=O) groups excluding carboxylic acids is 1. The van der Waals surface area contributed by atoms with Gasteiger partial charge in [-0.05, 0) is 25.2 Å². The molecule has 0 N–H and O–H groups in total. The Morgan fingerprint density at radius 1 is 1.12 bits per heavy atom. The number of morpholine rings is 1. The van der Waals surface area contributed by atoms with E-state index in [-0.39, 0.29) is 17.9 Å². The summed E-state index contributed by atoms with van der Waals surface area (Å²) in [7, 11) is -3.40. The predicted octanol–water partition coefficient (Wildman–Crippen LogP) is 0.676. The van der Waals surface area contributed by atoms with E-state index in [0.29, 0.717) is 45.8 Å². The number of likely N-dealkylation sites (tertiary alicyclic amines) is 1. The highest BCUT2D eigenvalue weighted by molar-refractivity contribution is 7.86. The number of fused-ring (bicyclic) bond motifs is 1. The fourth-order valence-corrected chi connectivity index (χ4v) is 5.74. The van der Waals surface area contributed by atoms with Crippen LogP contribution >= 0.6 is 0 Å². The third kappa shape index (κ3) is 3.61. The summed E-state index contributed by atoms with van der Waals surface area (Å²) in [5.41, 5.74) is 0. The van der Waals surface area contributed by atoms with E-state index in [1.807, 2.05) is 4.90 Å². The summed E-state index contributed by atoms with van der Waals surface area (Å²) in [6, 6.07) is 0.217. The first-order valence-electron chi connectivity index (χ1n) is 9.16. The van der Waals surface area contributed by atoms with Gasteiger partial charge in [0.05, 0.1) is 13.2 Å². The smallest absolute Gasteiger partial charge is 0.282 e. The minimum atomic E-state index is -3.40. The molecule has 3 aliphatic rings. The van der Waals surface area contributed by atoms with E-state index in [9.17, 15) is 13.2 Å². The second-order valence-electron chi connectivity index (χ2n) is 6.97. The van der Waals surface area contributed by atoms with Gasteiger partial charge < -0.3 is 9.64 Å². The maximum atomic E-state index is 12.8. The molecule has 3 aliphatic heterocycles. The molecule has 2 atom stereocenters. The molecule has 0 bridgehead atoms. The molecule has 7 nitrogen and oxygen atoms in total. The molecule has 1 amide bonds. The molecular formula is C16H29N3O4S. The minimum Gasteiger partial charge on any atom is -0.379 e. The molecule has 0 unspecified atom stereocenters. The third-order valence-electron chi connectivity index (χ3n) is 5.48. The number of hydrogen-bond acceptors (Lipinski definition) is 4. The van der Waals surface area contributed by atoms with Gasteiger partial charge in [0.2, 0.25) is 5.91 Å². The summed E-state index contributed by atoms with van der Waals surface area (Å²) >= 11 is 0. The topological polar surface area (TPSA) is 70.2 Å². The SMILES string of the molecule is CCCCN1C(=O)CC[C@@H]2CN(S(=O)(=O)N3CCOCC3)CC[C@@H]21. The van der Waals surface area contributed by atoms with Crippen LogP contribution in [0.5, 0.6) is 0 Å². The first kappa shape index (κ1) is 18.1. The predicted molar refractivity (Wildman–Crippen MR) is 90.6 cm³/mol. The van der Waals surface area contributed by atoms with Crippen LogP contribution in [-0.2, 0) is 19.7 Å². The van der Waals surface area contributed by atoms with E-state index in [2.05, 4.69) is 6.92 Å². The second-order valence-corrected chi connectivity index (χ2v) is 8.90. The summed E-state index contributed by atoms with van der Waals surface area (Å²) in [5.74, 6) is 0.512. The lowest BCUT2D eigenvalue weighted by molar-refractivity contribution is -0.140. The third-order valence-corrected chi connectivity index (χ3v) is 7.48. The molecule has 0 aromatic heterocycles. The van der Waals surface area contributed by atoms with Crippen molar-refractivity contribution in [3.63, 3.8) is 0 Å². The van der Waals surface area contributed by atoms with Gasteiger partial charge in [-0.15, -0.1) is 0 Å². The van der Waals surface area contributed by atoms with Crippen molar-refractivity contribution >= 4 is 16.1 Å². The van der Waals surface area contributed by atoms with Gasteiger partial charge in [-0.3, -0.25) is 4.79 Å². The zero-order chi connectivity index (χ0) is 17.2. The number of amides is 1. The maximum absolute atomic E-state index is 12.8. The van der Waals surface area contributed by atoms with Crippen molar-refractivity contribution in [1.29, 1.82) is 0 Å². The Hall–Kier alpha value is -0.700. The molecule has 0 aromatic rings. The Labute approximate surface area is 145 Å². The fraction of sp³-hybridized carbons (Fsp3) is 0.938. The summed E-state index contributed by atoms with van der Waals surface area (Å²) in [6.45, 7) is 5.81. The van der Waals surface area contributed by atoms with E-state index >= 15 is 0 Å². The lowest BCUT2D eigenvalue weighted by atomic mass is 9.84. The summed E-state index contributed by atoms with van der Waals surface area (Å²) in [5, 5.41) is 0. The fourth-order valence-electron chi connectivity index (χ4n) is 4.09. The van der Waals surface area contributed by atoms with Crippen molar-refractivity contribution in [1.82, 2.24) is 13.5 Å². The first-order valence-corrected chi connectivity index (χ1v) is 10.6. The standard InChI is InChI=1S/C16H29N3O4S/c1-2-3-7-19-15-6-8-18(13-14(15)4-5-16(19)20)24(21,22)17-9-11-23-12-10-17/h14-15H,2-13H2,1H3/t14-,15+/m1/s1. The molecule has 0 aliphatic carbocycles. The molecule has 8 heteroatoms. The first-order chi connectivity index (χ1) is 11.5. The Balaban J connectivity index is 1.67. The van der Waals surface area contributed by atoms with Crippen molar-refractivity contribution in [3.05, 3.63) is 0 Å². The number of hydrogen-bond donors (Lipinski definition) is 0. The molecule has 3 heterocycles. The monoisotopic (exact) mass is 359 g/mol. The van der Waals surface area contributed by atoms with Crippen LogP contribution < -0.4 is 0 Å². The Morgan fingerprint density at radius 3 is 2.58 bits per heavy atom. The second kappa shape index (κ2) is 7.68. The molecule has 0 spiro atoms. The zero-order valence-corrected chi connectivity index (χ0v) is 15.3. The Kier molecular flexibility index (Phi) is 5.79. The molecule has 3 rings (SSSR count).